The summed E-state index contributed by atoms with van der Waals surface area (Å²) in [5.41, 5.74) is 2.45. The van der Waals surface area contributed by atoms with Crippen LogP contribution >= 0.6 is 0 Å². The summed E-state index contributed by atoms with van der Waals surface area (Å²) in [5, 5.41) is 5.84. The Hall–Kier alpha value is -3.61. The highest BCUT2D eigenvalue weighted by Gasteiger charge is 2.42. The number of nitrogens with zero attached hydrogens (tertiary/aromatic N) is 1. The maximum Gasteiger partial charge on any atom is 0.408 e. The normalized spacial score (nSPS) is 15.1. The van der Waals surface area contributed by atoms with Gasteiger partial charge in [-0.25, -0.2) is 4.79 Å². The molecule has 0 aliphatic heterocycles. The molecular weight excluding hydrogens is 478 g/mol. The Morgan fingerprint density at radius 2 is 1.76 bits per heavy atom. The Bertz CT molecular complexity index is 1160. The minimum absolute atomic E-state index is 0.121. The second-order valence-corrected chi connectivity index (χ2v) is 11.3. The van der Waals surface area contributed by atoms with E-state index in [0.29, 0.717) is 11.3 Å². The van der Waals surface area contributed by atoms with Crippen molar-refractivity contribution in [1.82, 2.24) is 10.2 Å². The van der Waals surface area contributed by atoms with E-state index in [1.54, 1.807) is 31.7 Å². The predicted molar refractivity (Wildman–Crippen MR) is 152 cm³/mol. The Labute approximate surface area is 226 Å². The Balaban J connectivity index is 2.05. The SMILES string of the molecule is C=Cc1cccc(C(C(=O)Nc2ccccc2C)N(C(=O)C(NC(=O)OC(C)(C)C)C(C)C)C2CCC2)c1. The zero-order chi connectivity index (χ0) is 28.0. The first-order valence-electron chi connectivity index (χ1n) is 13.3. The van der Waals surface area contributed by atoms with Gasteiger partial charge in [-0.2, -0.15) is 0 Å². The van der Waals surface area contributed by atoms with Crippen LogP contribution in [0.25, 0.3) is 6.08 Å². The first kappa shape index (κ1) is 29.0. The molecule has 2 atom stereocenters. The predicted octanol–water partition coefficient (Wildman–Crippen LogP) is 6.25. The highest BCUT2D eigenvalue weighted by molar-refractivity contribution is 5.99. The zero-order valence-corrected chi connectivity index (χ0v) is 23.4. The maximum absolute atomic E-state index is 14.3. The summed E-state index contributed by atoms with van der Waals surface area (Å²) in [7, 11) is 0. The van der Waals surface area contributed by atoms with E-state index in [2.05, 4.69) is 17.2 Å². The second-order valence-electron chi connectivity index (χ2n) is 11.3. The van der Waals surface area contributed by atoms with E-state index in [1.165, 1.54) is 0 Å². The van der Waals surface area contributed by atoms with Crippen LogP contribution in [0, 0.1) is 12.8 Å². The Kier molecular flexibility index (Phi) is 9.36. The van der Waals surface area contributed by atoms with E-state index in [4.69, 9.17) is 4.74 Å². The van der Waals surface area contributed by atoms with Gasteiger partial charge in [-0.3, -0.25) is 9.59 Å². The lowest BCUT2D eigenvalue weighted by Gasteiger charge is -2.44. The Morgan fingerprint density at radius 1 is 1.08 bits per heavy atom. The van der Waals surface area contributed by atoms with E-state index < -0.39 is 23.8 Å². The molecule has 1 fully saturated rings. The second kappa shape index (κ2) is 12.3. The lowest BCUT2D eigenvalue weighted by Crippen LogP contribution is -2.58. The van der Waals surface area contributed by atoms with E-state index in [0.717, 1.165) is 30.4 Å². The van der Waals surface area contributed by atoms with Gasteiger partial charge in [0.1, 0.15) is 17.7 Å². The number of carbonyl (C=O) groups is 3. The summed E-state index contributed by atoms with van der Waals surface area (Å²) in [5.74, 6) is -0.831. The molecule has 1 aliphatic rings. The van der Waals surface area contributed by atoms with Crippen molar-refractivity contribution < 1.29 is 19.1 Å². The summed E-state index contributed by atoms with van der Waals surface area (Å²) in [4.78, 5) is 42.7. The summed E-state index contributed by atoms with van der Waals surface area (Å²) in [6.45, 7) is 14.9. The number of benzene rings is 2. The van der Waals surface area contributed by atoms with Gasteiger partial charge in [0, 0.05) is 11.7 Å². The molecule has 3 amide bonds. The molecule has 0 saturated heterocycles. The summed E-state index contributed by atoms with van der Waals surface area (Å²) in [6.07, 6.45) is 3.61. The number of anilines is 1. The number of ether oxygens (including phenoxy) is 1. The van der Waals surface area contributed by atoms with Crippen molar-refractivity contribution in [3.05, 3.63) is 71.8 Å². The molecule has 2 N–H and O–H groups in total. The number of aryl methyl sites for hydroxylation is 1. The highest BCUT2D eigenvalue weighted by Crippen LogP contribution is 2.35. The first-order valence-corrected chi connectivity index (χ1v) is 13.3. The van der Waals surface area contributed by atoms with Gasteiger partial charge in [0.05, 0.1) is 0 Å². The van der Waals surface area contributed by atoms with Crippen LogP contribution in [0.2, 0.25) is 0 Å². The van der Waals surface area contributed by atoms with Crippen molar-refractivity contribution in [2.45, 2.75) is 84.5 Å². The van der Waals surface area contributed by atoms with Gasteiger partial charge < -0.3 is 20.3 Å². The fraction of sp³-hybridized carbons (Fsp3) is 0.452. The molecule has 7 heteroatoms. The van der Waals surface area contributed by atoms with Crippen molar-refractivity contribution in [2.24, 2.45) is 5.92 Å². The third-order valence-electron chi connectivity index (χ3n) is 6.72. The van der Waals surface area contributed by atoms with Gasteiger partial charge in [-0.05, 0) is 81.7 Å². The van der Waals surface area contributed by atoms with Gasteiger partial charge in [0.25, 0.3) is 5.91 Å². The van der Waals surface area contributed by atoms with Crippen molar-refractivity contribution >= 4 is 29.7 Å². The van der Waals surface area contributed by atoms with E-state index in [-0.39, 0.29) is 23.8 Å². The van der Waals surface area contributed by atoms with Crippen LogP contribution in [0.15, 0.2) is 55.1 Å². The summed E-state index contributed by atoms with van der Waals surface area (Å²) >= 11 is 0. The van der Waals surface area contributed by atoms with Crippen molar-refractivity contribution in [3.8, 4) is 0 Å². The van der Waals surface area contributed by atoms with Gasteiger partial charge in [-0.1, -0.05) is 62.9 Å². The number of nitrogens with one attached hydrogen (secondary N) is 2. The van der Waals surface area contributed by atoms with Crippen molar-refractivity contribution in [3.63, 3.8) is 0 Å². The number of alkyl carbamates (subject to hydrolysis) is 1. The average molecular weight is 520 g/mol. The minimum atomic E-state index is -0.894. The van der Waals surface area contributed by atoms with E-state index in [9.17, 15) is 14.4 Å². The number of amides is 3. The maximum atomic E-state index is 14.3. The summed E-state index contributed by atoms with van der Waals surface area (Å²) < 4.78 is 5.45. The molecule has 0 heterocycles. The molecule has 38 heavy (non-hydrogen) atoms. The van der Waals surface area contributed by atoms with Gasteiger partial charge in [0.15, 0.2) is 0 Å². The van der Waals surface area contributed by atoms with Crippen molar-refractivity contribution in [2.75, 3.05) is 5.32 Å². The van der Waals surface area contributed by atoms with Crippen molar-refractivity contribution in [1.29, 1.82) is 0 Å². The fourth-order valence-electron chi connectivity index (χ4n) is 4.50. The standard InChI is InChI=1S/C31H41N3O4/c1-8-22-14-11-15-23(19-22)27(28(35)32-25-18-10-9-13-21(25)4)34(24-16-12-17-24)29(36)26(20(2)3)33-30(37)38-31(5,6)7/h8-11,13-15,18-20,24,26-27H,1,12,16-17H2,2-7H3,(H,32,35)(H,33,37). The van der Waals surface area contributed by atoms with Crippen LogP contribution in [0.4, 0.5) is 10.5 Å². The monoisotopic (exact) mass is 519 g/mol. The minimum Gasteiger partial charge on any atom is -0.444 e. The molecule has 2 unspecified atom stereocenters. The summed E-state index contributed by atoms with van der Waals surface area (Å²) in [6, 6.07) is 13.2. The lowest BCUT2D eigenvalue weighted by atomic mass is 9.87. The van der Waals surface area contributed by atoms with Crippen LogP contribution < -0.4 is 10.6 Å². The smallest absolute Gasteiger partial charge is 0.408 e. The van der Waals surface area contributed by atoms with E-state index >= 15 is 0 Å². The molecule has 7 nitrogen and oxygen atoms in total. The molecular formula is C31H41N3O4. The van der Waals surface area contributed by atoms with Gasteiger partial charge >= 0.3 is 6.09 Å². The number of rotatable bonds is 9. The third kappa shape index (κ3) is 7.24. The fourth-order valence-corrected chi connectivity index (χ4v) is 4.50. The molecule has 0 radical (unpaired) electrons. The number of hydrogen-bond donors (Lipinski definition) is 2. The van der Waals surface area contributed by atoms with Gasteiger partial charge in [-0.15, -0.1) is 0 Å². The number of carbonyl (C=O) groups excluding carboxylic acids is 3. The van der Waals surface area contributed by atoms with Crippen LogP contribution in [-0.4, -0.2) is 40.5 Å². The molecule has 204 valence electrons. The Morgan fingerprint density at radius 3 is 2.32 bits per heavy atom. The van der Waals surface area contributed by atoms with Crippen LogP contribution in [-0.2, 0) is 14.3 Å². The lowest BCUT2D eigenvalue weighted by molar-refractivity contribution is -0.146. The quantitative estimate of drug-likeness (QED) is 0.410. The highest BCUT2D eigenvalue weighted by atomic mass is 16.6. The molecule has 2 aromatic carbocycles. The molecule has 1 aliphatic carbocycles. The number of para-hydroxylation sites is 1. The van der Waals surface area contributed by atoms with Gasteiger partial charge in [0.2, 0.25) is 5.91 Å². The average Bonchev–Trinajstić information content (AvgIpc) is 2.81. The van der Waals surface area contributed by atoms with Crippen LogP contribution in [0.3, 0.4) is 0 Å². The molecule has 0 bridgehead atoms. The number of hydrogen-bond acceptors (Lipinski definition) is 4. The van der Waals surface area contributed by atoms with E-state index in [1.807, 2.05) is 69.3 Å². The molecule has 3 rings (SSSR count). The molecule has 0 aromatic heterocycles. The molecule has 1 saturated carbocycles. The van der Waals surface area contributed by atoms with Crippen LogP contribution in [0.5, 0.6) is 0 Å². The first-order chi connectivity index (χ1) is 17.9. The molecule has 2 aromatic rings. The largest absolute Gasteiger partial charge is 0.444 e. The third-order valence-corrected chi connectivity index (χ3v) is 6.72. The zero-order valence-electron chi connectivity index (χ0n) is 23.4. The molecule has 0 spiro atoms. The van der Waals surface area contributed by atoms with Crippen LogP contribution in [0.1, 0.15) is 76.6 Å². The topological polar surface area (TPSA) is 87.7 Å².